The van der Waals surface area contributed by atoms with Crippen LogP contribution in [-0.4, -0.2) is 43.6 Å². The number of aliphatic hydroxyl groups is 3. The number of halogens is 1. The van der Waals surface area contributed by atoms with Crippen molar-refractivity contribution in [1.82, 2.24) is 9.97 Å². The van der Waals surface area contributed by atoms with E-state index in [-0.39, 0.29) is 40.8 Å². The van der Waals surface area contributed by atoms with Gasteiger partial charge in [0.1, 0.15) is 5.82 Å². The van der Waals surface area contributed by atoms with Gasteiger partial charge < -0.3 is 15.3 Å². The molecule has 0 bridgehead atoms. The highest BCUT2D eigenvalue weighted by atomic mass is 35.5. The second-order valence-electron chi connectivity index (χ2n) is 13.1. The Balaban J connectivity index is 1.20. The van der Waals surface area contributed by atoms with Crippen LogP contribution in [0.1, 0.15) is 65.1 Å². The second-order valence-corrected chi connectivity index (χ2v) is 13.6. The molecule has 11 atom stereocenters. The lowest BCUT2D eigenvalue weighted by atomic mass is 9.43. The zero-order chi connectivity index (χ0) is 26.1. The number of aryl methyl sites for hydroxylation is 1. The topological polar surface area (TPSA) is 86.5 Å². The molecule has 5 nitrogen and oxygen atoms in total. The third kappa shape index (κ3) is 3.99. The Hall–Kier alpha value is -1.53. The number of aromatic nitrogens is 2. The largest absolute Gasteiger partial charge is 0.393 e. The van der Waals surface area contributed by atoms with Gasteiger partial charge in [-0.25, -0.2) is 9.97 Å². The van der Waals surface area contributed by atoms with Crippen LogP contribution in [0, 0.1) is 46.3 Å². The van der Waals surface area contributed by atoms with Crippen LogP contribution < -0.4 is 0 Å². The number of allylic oxidation sites excluding steroid dienone is 2. The first kappa shape index (κ1) is 25.7. The fourth-order valence-electron chi connectivity index (χ4n) is 9.20. The number of hydrogen-bond donors (Lipinski definition) is 3. The minimum absolute atomic E-state index is 0.0826. The first-order chi connectivity index (χ1) is 17.6. The molecule has 1 unspecified atom stereocenters. The Bertz CT molecular complexity index is 1200. The van der Waals surface area contributed by atoms with Crippen molar-refractivity contribution in [2.75, 3.05) is 0 Å². The Morgan fingerprint density at radius 1 is 1.11 bits per heavy atom. The summed E-state index contributed by atoms with van der Waals surface area (Å²) < 4.78 is 0. The average molecular weight is 525 g/mol. The molecule has 4 aliphatic carbocycles. The zero-order valence-corrected chi connectivity index (χ0v) is 23.0. The first-order valence-corrected chi connectivity index (χ1v) is 14.6. The minimum Gasteiger partial charge on any atom is -0.393 e. The van der Waals surface area contributed by atoms with Crippen LogP contribution in [0.3, 0.4) is 0 Å². The maximum Gasteiger partial charge on any atom is 0.128 e. The van der Waals surface area contributed by atoms with E-state index in [2.05, 4.69) is 37.9 Å². The molecule has 3 fully saturated rings. The quantitative estimate of drug-likeness (QED) is 0.454. The summed E-state index contributed by atoms with van der Waals surface area (Å²) in [7, 11) is 0. The van der Waals surface area contributed by atoms with Crippen LogP contribution >= 0.6 is 11.6 Å². The summed E-state index contributed by atoms with van der Waals surface area (Å²) in [5.74, 6) is 2.40. The lowest BCUT2D eigenvalue weighted by Gasteiger charge is -2.63. The van der Waals surface area contributed by atoms with Gasteiger partial charge in [-0.05, 0) is 91.6 Å². The lowest BCUT2D eigenvalue weighted by Crippen LogP contribution is -2.62. The molecule has 1 heterocycles. The van der Waals surface area contributed by atoms with Gasteiger partial charge in [0, 0.05) is 23.4 Å². The monoisotopic (exact) mass is 524 g/mol. The number of benzene rings is 1. The van der Waals surface area contributed by atoms with Crippen LogP contribution in [0.2, 0.25) is 5.02 Å². The van der Waals surface area contributed by atoms with Crippen molar-refractivity contribution < 1.29 is 15.3 Å². The maximum absolute atomic E-state index is 11.8. The molecule has 0 amide bonds. The van der Waals surface area contributed by atoms with E-state index in [0.29, 0.717) is 22.8 Å². The van der Waals surface area contributed by atoms with E-state index in [0.717, 1.165) is 61.7 Å². The third-order valence-electron chi connectivity index (χ3n) is 11.4. The fourth-order valence-corrected chi connectivity index (χ4v) is 9.42. The smallest absolute Gasteiger partial charge is 0.128 e. The average Bonchev–Trinajstić information content (AvgIpc) is 3.23. The molecule has 3 N–H and O–H groups in total. The summed E-state index contributed by atoms with van der Waals surface area (Å²) in [6.45, 7) is 6.93. The SMILES string of the molecule is C[C@H](CCc1ncc2c(Cl)cccc2n1)[C@H]1C=C[C@H]2[C@H]3C(C[C@H](O)[C@]12C)[C@@]1(C)CC[C@@H](O)C[C@H]1C[C@H]3O. The van der Waals surface area contributed by atoms with Gasteiger partial charge >= 0.3 is 0 Å². The second kappa shape index (κ2) is 9.29. The summed E-state index contributed by atoms with van der Waals surface area (Å²) in [4.78, 5) is 9.33. The lowest BCUT2D eigenvalue weighted by molar-refractivity contribution is -0.201. The van der Waals surface area contributed by atoms with E-state index in [1.807, 2.05) is 24.4 Å². The van der Waals surface area contributed by atoms with E-state index in [1.54, 1.807) is 0 Å². The van der Waals surface area contributed by atoms with Gasteiger partial charge in [0.15, 0.2) is 0 Å². The molecule has 1 aromatic carbocycles. The summed E-state index contributed by atoms with van der Waals surface area (Å²) in [5.41, 5.74) is 0.677. The van der Waals surface area contributed by atoms with Crippen LogP contribution in [0.15, 0.2) is 36.5 Å². The molecule has 0 spiro atoms. The van der Waals surface area contributed by atoms with Crippen LogP contribution in [0.25, 0.3) is 10.9 Å². The van der Waals surface area contributed by atoms with Gasteiger partial charge in [-0.15, -0.1) is 0 Å². The van der Waals surface area contributed by atoms with E-state index in [1.165, 1.54) is 0 Å². The maximum atomic E-state index is 11.8. The normalized spacial score (nSPS) is 43.8. The Morgan fingerprint density at radius 2 is 1.92 bits per heavy atom. The molecular weight excluding hydrogens is 484 g/mol. The van der Waals surface area contributed by atoms with Crippen molar-refractivity contribution in [3.63, 3.8) is 0 Å². The van der Waals surface area contributed by atoms with E-state index in [4.69, 9.17) is 16.6 Å². The number of nitrogens with zero attached hydrogens (tertiary/aromatic N) is 2. The van der Waals surface area contributed by atoms with E-state index < -0.39 is 6.10 Å². The van der Waals surface area contributed by atoms with Gasteiger partial charge in [0.25, 0.3) is 0 Å². The van der Waals surface area contributed by atoms with Crippen molar-refractivity contribution in [2.24, 2.45) is 46.3 Å². The number of aliphatic hydroxyl groups excluding tert-OH is 3. The molecule has 6 rings (SSSR count). The molecule has 4 aliphatic rings. The first-order valence-electron chi connectivity index (χ1n) is 14.3. The predicted octanol–water partition coefficient (Wildman–Crippen LogP) is 5.59. The van der Waals surface area contributed by atoms with Gasteiger partial charge in [-0.3, -0.25) is 0 Å². The molecule has 0 saturated heterocycles. The van der Waals surface area contributed by atoms with Gasteiger partial charge in [-0.1, -0.05) is 50.6 Å². The molecular formula is C31H41ClN2O3. The summed E-state index contributed by atoms with van der Waals surface area (Å²) in [5, 5.41) is 35.1. The van der Waals surface area contributed by atoms with Gasteiger partial charge in [0.2, 0.25) is 0 Å². The van der Waals surface area contributed by atoms with Crippen LogP contribution in [0.5, 0.6) is 0 Å². The van der Waals surface area contributed by atoms with Crippen molar-refractivity contribution in [1.29, 1.82) is 0 Å². The summed E-state index contributed by atoms with van der Waals surface area (Å²) in [6, 6.07) is 5.76. The van der Waals surface area contributed by atoms with Crippen molar-refractivity contribution in [3.8, 4) is 0 Å². The molecule has 200 valence electrons. The molecule has 0 aliphatic heterocycles. The predicted molar refractivity (Wildman–Crippen MR) is 146 cm³/mol. The van der Waals surface area contributed by atoms with Gasteiger partial charge in [-0.2, -0.15) is 0 Å². The highest BCUT2D eigenvalue weighted by Gasteiger charge is 2.64. The van der Waals surface area contributed by atoms with Crippen LogP contribution in [0.4, 0.5) is 0 Å². The minimum atomic E-state index is -0.408. The third-order valence-corrected chi connectivity index (χ3v) is 11.7. The van der Waals surface area contributed by atoms with Gasteiger partial charge in [0.05, 0.1) is 28.9 Å². The standard InChI is InChI=1S/C31H41ClN2O3/c1-17(7-10-28-33-16-20-24(32)5-4-6-25(20)34-28)21-8-9-22-29-23(15-27(37)31(21,22)3)30(2)12-11-19(35)13-18(30)14-26(29)36/h4-6,8-9,16-19,21-23,26-27,29,35-37H,7,10-15H2,1-3H3/t17-,18+,19-,21-,22+,23?,26-,27+,29+,30+,31-/m1/s1. The summed E-state index contributed by atoms with van der Waals surface area (Å²) >= 11 is 6.29. The molecule has 0 radical (unpaired) electrons. The highest BCUT2D eigenvalue weighted by molar-refractivity contribution is 6.35. The van der Waals surface area contributed by atoms with E-state index >= 15 is 0 Å². The fraction of sp³-hybridized carbons (Fsp3) is 0.677. The Kier molecular flexibility index (Phi) is 6.46. The molecule has 2 aromatic rings. The number of fused-ring (bicyclic) bond motifs is 6. The zero-order valence-electron chi connectivity index (χ0n) is 22.2. The highest BCUT2D eigenvalue weighted by Crippen LogP contribution is 2.66. The number of rotatable bonds is 4. The Labute approximate surface area is 225 Å². The molecule has 6 heteroatoms. The molecule has 1 aromatic heterocycles. The summed E-state index contributed by atoms with van der Waals surface area (Å²) in [6.07, 6.45) is 11.3. The van der Waals surface area contributed by atoms with E-state index in [9.17, 15) is 15.3 Å². The molecule has 3 saturated carbocycles. The Morgan fingerprint density at radius 3 is 2.73 bits per heavy atom. The van der Waals surface area contributed by atoms with Crippen molar-refractivity contribution >= 4 is 22.5 Å². The van der Waals surface area contributed by atoms with Crippen molar-refractivity contribution in [3.05, 3.63) is 47.4 Å². The van der Waals surface area contributed by atoms with Crippen LogP contribution in [-0.2, 0) is 6.42 Å². The number of hydrogen-bond acceptors (Lipinski definition) is 5. The van der Waals surface area contributed by atoms with Crippen molar-refractivity contribution in [2.45, 2.75) is 84.0 Å². The molecule has 37 heavy (non-hydrogen) atoms.